The van der Waals surface area contributed by atoms with Crippen LogP contribution in [0.1, 0.15) is 50.5 Å². The highest BCUT2D eigenvalue weighted by Crippen LogP contribution is 2.49. The maximum Gasteiger partial charge on any atom is 0.119 e. The predicted octanol–water partition coefficient (Wildman–Crippen LogP) is 3.72. The second-order valence-electron chi connectivity index (χ2n) is 6.11. The Labute approximate surface area is 116 Å². The van der Waals surface area contributed by atoms with E-state index in [0.29, 0.717) is 11.3 Å². The summed E-state index contributed by atoms with van der Waals surface area (Å²) < 4.78 is 5.66. The molecule has 1 aliphatic heterocycles. The molecule has 1 aromatic rings. The van der Waals surface area contributed by atoms with Gasteiger partial charge in [0.05, 0.1) is 6.61 Å². The van der Waals surface area contributed by atoms with Gasteiger partial charge < -0.3 is 10.1 Å². The van der Waals surface area contributed by atoms with Gasteiger partial charge in [0.25, 0.3) is 0 Å². The van der Waals surface area contributed by atoms with Gasteiger partial charge in [-0.25, -0.2) is 0 Å². The fourth-order valence-corrected chi connectivity index (χ4v) is 4.05. The largest absolute Gasteiger partial charge is 0.494 e. The lowest BCUT2D eigenvalue weighted by atomic mass is 9.66. The van der Waals surface area contributed by atoms with Gasteiger partial charge in [-0.3, -0.25) is 0 Å². The molecular weight excluding hydrogens is 234 g/mol. The van der Waals surface area contributed by atoms with Crippen LogP contribution < -0.4 is 10.1 Å². The van der Waals surface area contributed by atoms with Crippen molar-refractivity contribution < 1.29 is 4.74 Å². The number of hydrogen-bond donors (Lipinski definition) is 1. The highest BCUT2D eigenvalue weighted by atomic mass is 16.5. The van der Waals surface area contributed by atoms with Crippen LogP contribution in [-0.2, 0) is 0 Å². The van der Waals surface area contributed by atoms with Crippen LogP contribution in [0.2, 0.25) is 0 Å². The van der Waals surface area contributed by atoms with Gasteiger partial charge in [0, 0.05) is 19.0 Å². The van der Waals surface area contributed by atoms with Gasteiger partial charge in [0.15, 0.2) is 0 Å². The molecule has 1 N–H and O–H groups in total. The van der Waals surface area contributed by atoms with E-state index in [9.17, 15) is 0 Å². The van der Waals surface area contributed by atoms with Gasteiger partial charge in [-0.2, -0.15) is 0 Å². The number of ether oxygens (including phenoxy) is 1. The van der Waals surface area contributed by atoms with Crippen LogP contribution in [0, 0.1) is 5.41 Å². The highest BCUT2D eigenvalue weighted by molar-refractivity contribution is 5.33. The first-order valence-corrected chi connectivity index (χ1v) is 7.77. The van der Waals surface area contributed by atoms with E-state index in [0.717, 1.165) is 18.9 Å². The van der Waals surface area contributed by atoms with E-state index in [1.165, 1.54) is 44.2 Å². The summed E-state index contributed by atoms with van der Waals surface area (Å²) in [5.74, 6) is 1.70. The average molecular weight is 259 g/mol. The Kier molecular flexibility index (Phi) is 3.79. The summed E-state index contributed by atoms with van der Waals surface area (Å²) in [6.45, 7) is 5.13. The molecule has 3 rings (SSSR count). The third-order valence-electron chi connectivity index (χ3n) is 4.99. The summed E-state index contributed by atoms with van der Waals surface area (Å²) in [5.41, 5.74) is 1.99. The quantitative estimate of drug-likeness (QED) is 0.893. The summed E-state index contributed by atoms with van der Waals surface area (Å²) in [6, 6.07) is 8.77. The van der Waals surface area contributed by atoms with E-state index in [-0.39, 0.29) is 0 Å². The molecule has 104 valence electrons. The number of benzene rings is 1. The second-order valence-corrected chi connectivity index (χ2v) is 6.11. The van der Waals surface area contributed by atoms with E-state index >= 15 is 0 Å². The van der Waals surface area contributed by atoms with E-state index in [2.05, 4.69) is 29.6 Å². The molecule has 1 unspecified atom stereocenters. The third-order valence-corrected chi connectivity index (χ3v) is 4.99. The van der Waals surface area contributed by atoms with Gasteiger partial charge in [0.2, 0.25) is 0 Å². The monoisotopic (exact) mass is 259 g/mol. The van der Waals surface area contributed by atoms with Crippen molar-refractivity contribution in [3.63, 3.8) is 0 Å². The first-order chi connectivity index (χ1) is 9.34. The number of rotatable bonds is 3. The molecule has 0 aromatic heterocycles. The Hall–Kier alpha value is -1.02. The van der Waals surface area contributed by atoms with Crippen molar-refractivity contribution in [2.45, 2.75) is 44.9 Å². The third kappa shape index (κ3) is 2.51. The smallest absolute Gasteiger partial charge is 0.119 e. The minimum absolute atomic E-state index is 0.517. The van der Waals surface area contributed by atoms with Gasteiger partial charge in [-0.1, -0.05) is 31.4 Å². The van der Waals surface area contributed by atoms with Crippen LogP contribution >= 0.6 is 0 Å². The highest BCUT2D eigenvalue weighted by Gasteiger charge is 2.43. The van der Waals surface area contributed by atoms with Crippen molar-refractivity contribution in [1.29, 1.82) is 0 Å². The zero-order chi connectivity index (χ0) is 13.1. The van der Waals surface area contributed by atoms with Crippen molar-refractivity contribution in [2.24, 2.45) is 5.41 Å². The van der Waals surface area contributed by atoms with Crippen LogP contribution in [0.4, 0.5) is 0 Å². The molecule has 1 spiro atoms. The minimum Gasteiger partial charge on any atom is -0.494 e. The molecular formula is C17H25NO. The molecule has 2 aliphatic rings. The first-order valence-electron chi connectivity index (χ1n) is 7.77. The maximum absolute atomic E-state index is 5.66. The normalized spacial score (nSPS) is 25.6. The summed E-state index contributed by atoms with van der Waals surface area (Å²) in [5, 5.41) is 3.64. The Bertz CT molecular complexity index is 423. The lowest BCUT2D eigenvalue weighted by molar-refractivity contribution is 0.189. The van der Waals surface area contributed by atoms with Crippen LogP contribution in [0.5, 0.6) is 5.75 Å². The summed E-state index contributed by atoms with van der Waals surface area (Å²) >= 11 is 0. The molecule has 19 heavy (non-hydrogen) atoms. The van der Waals surface area contributed by atoms with Crippen LogP contribution in [0.3, 0.4) is 0 Å². The zero-order valence-electron chi connectivity index (χ0n) is 12.0. The maximum atomic E-state index is 5.66. The van der Waals surface area contributed by atoms with Crippen LogP contribution in [0.15, 0.2) is 24.3 Å². The number of hydrogen-bond acceptors (Lipinski definition) is 2. The Morgan fingerprint density at radius 3 is 2.89 bits per heavy atom. The average Bonchev–Trinajstić information content (AvgIpc) is 2.83. The molecule has 2 heteroatoms. The first kappa shape index (κ1) is 13.0. The van der Waals surface area contributed by atoms with Crippen molar-refractivity contribution >= 4 is 0 Å². The SMILES string of the molecule is CCOc1cccc(C2CNCC23CCCCC3)c1. The van der Waals surface area contributed by atoms with E-state index in [4.69, 9.17) is 4.74 Å². The van der Waals surface area contributed by atoms with E-state index in [1.807, 2.05) is 6.92 Å². The molecule has 1 aromatic carbocycles. The van der Waals surface area contributed by atoms with Crippen LogP contribution in [-0.4, -0.2) is 19.7 Å². The Morgan fingerprint density at radius 1 is 1.26 bits per heavy atom. The molecule has 0 amide bonds. The molecule has 1 saturated heterocycles. The molecule has 2 fully saturated rings. The molecule has 0 radical (unpaired) electrons. The second kappa shape index (κ2) is 5.54. The molecule has 1 aliphatic carbocycles. The molecule has 1 heterocycles. The van der Waals surface area contributed by atoms with Gasteiger partial charge >= 0.3 is 0 Å². The molecule has 1 saturated carbocycles. The molecule has 0 bridgehead atoms. The lowest BCUT2D eigenvalue weighted by Gasteiger charge is -2.38. The number of nitrogens with one attached hydrogen (secondary N) is 1. The fraction of sp³-hybridized carbons (Fsp3) is 0.647. The topological polar surface area (TPSA) is 21.3 Å². The van der Waals surface area contributed by atoms with Crippen molar-refractivity contribution in [1.82, 2.24) is 5.32 Å². The molecule has 1 atom stereocenters. The van der Waals surface area contributed by atoms with Crippen LogP contribution in [0.25, 0.3) is 0 Å². The van der Waals surface area contributed by atoms with Gasteiger partial charge in [0.1, 0.15) is 5.75 Å². The Morgan fingerprint density at radius 2 is 2.11 bits per heavy atom. The van der Waals surface area contributed by atoms with Crippen molar-refractivity contribution in [3.8, 4) is 5.75 Å². The molecule has 2 nitrogen and oxygen atoms in total. The minimum atomic E-state index is 0.517. The summed E-state index contributed by atoms with van der Waals surface area (Å²) in [7, 11) is 0. The fourth-order valence-electron chi connectivity index (χ4n) is 4.05. The predicted molar refractivity (Wildman–Crippen MR) is 78.7 cm³/mol. The van der Waals surface area contributed by atoms with Crippen molar-refractivity contribution in [2.75, 3.05) is 19.7 Å². The van der Waals surface area contributed by atoms with Crippen molar-refractivity contribution in [3.05, 3.63) is 29.8 Å². The lowest BCUT2D eigenvalue weighted by Crippen LogP contribution is -2.31. The standard InChI is InChI=1S/C17H25NO/c1-2-19-15-8-6-7-14(11-15)16-12-18-13-17(16)9-4-3-5-10-17/h6-8,11,16,18H,2-5,9-10,12-13H2,1H3. The zero-order valence-corrected chi connectivity index (χ0v) is 12.0. The van der Waals surface area contributed by atoms with Gasteiger partial charge in [-0.15, -0.1) is 0 Å². The Balaban J connectivity index is 1.85. The van der Waals surface area contributed by atoms with Gasteiger partial charge in [-0.05, 0) is 42.9 Å². The summed E-state index contributed by atoms with van der Waals surface area (Å²) in [6.07, 6.45) is 7.02. The summed E-state index contributed by atoms with van der Waals surface area (Å²) in [4.78, 5) is 0. The van der Waals surface area contributed by atoms with E-state index < -0.39 is 0 Å². The van der Waals surface area contributed by atoms with E-state index in [1.54, 1.807) is 0 Å².